The van der Waals surface area contributed by atoms with E-state index >= 15 is 0 Å². The molecule has 0 spiro atoms. The summed E-state index contributed by atoms with van der Waals surface area (Å²) in [6.45, 7) is 4.22. The molecule has 0 saturated carbocycles. The molecular formula is C11H18N2O. The molecule has 1 heterocycles. The van der Waals surface area contributed by atoms with E-state index in [1.54, 1.807) is 6.20 Å². The maximum Gasteiger partial charge on any atom is 0.140 e. The van der Waals surface area contributed by atoms with Crippen molar-refractivity contribution in [3.63, 3.8) is 0 Å². The van der Waals surface area contributed by atoms with Gasteiger partial charge in [0.25, 0.3) is 0 Å². The Kier molecular flexibility index (Phi) is 3.86. The van der Waals surface area contributed by atoms with Gasteiger partial charge in [-0.15, -0.1) is 0 Å². The van der Waals surface area contributed by atoms with Crippen LogP contribution < -0.4 is 0 Å². The molecule has 0 amide bonds. The van der Waals surface area contributed by atoms with Crippen molar-refractivity contribution in [2.45, 2.75) is 33.1 Å². The molecule has 14 heavy (non-hydrogen) atoms. The minimum Gasteiger partial charge on any atom is -0.338 e. The van der Waals surface area contributed by atoms with Crippen LogP contribution in [-0.4, -0.2) is 15.3 Å². The van der Waals surface area contributed by atoms with E-state index in [4.69, 9.17) is 0 Å². The van der Waals surface area contributed by atoms with Crippen LogP contribution in [-0.2, 0) is 18.3 Å². The molecule has 1 unspecified atom stereocenters. The first-order chi connectivity index (χ1) is 6.63. The topological polar surface area (TPSA) is 34.9 Å². The van der Waals surface area contributed by atoms with Gasteiger partial charge in [-0.05, 0) is 5.92 Å². The number of hydrogen-bond donors (Lipinski definition) is 0. The van der Waals surface area contributed by atoms with Gasteiger partial charge in [0, 0.05) is 25.9 Å². The lowest BCUT2D eigenvalue weighted by Gasteiger charge is -2.06. The molecule has 0 bridgehead atoms. The largest absolute Gasteiger partial charge is 0.338 e. The van der Waals surface area contributed by atoms with Crippen molar-refractivity contribution in [1.82, 2.24) is 9.55 Å². The minimum atomic E-state index is 0.286. The maximum absolute atomic E-state index is 11.6. The molecule has 1 aromatic heterocycles. The van der Waals surface area contributed by atoms with Gasteiger partial charge in [0.05, 0.1) is 6.42 Å². The van der Waals surface area contributed by atoms with Crippen LogP contribution in [0.2, 0.25) is 0 Å². The molecule has 0 aliphatic carbocycles. The van der Waals surface area contributed by atoms with E-state index in [0.29, 0.717) is 18.8 Å². The Morgan fingerprint density at radius 1 is 1.64 bits per heavy atom. The monoisotopic (exact) mass is 194 g/mol. The summed E-state index contributed by atoms with van der Waals surface area (Å²) in [6.07, 6.45) is 5.79. The third-order valence-electron chi connectivity index (χ3n) is 2.55. The van der Waals surface area contributed by atoms with Crippen LogP contribution in [0.15, 0.2) is 12.4 Å². The first-order valence-corrected chi connectivity index (χ1v) is 5.11. The molecule has 0 radical (unpaired) electrons. The number of Topliss-reactive ketones (excluding diaryl/α,β-unsaturated/α-hetero) is 1. The number of nitrogens with zero attached hydrogens (tertiary/aromatic N) is 2. The molecule has 1 aromatic rings. The second-order valence-electron chi connectivity index (χ2n) is 3.89. The van der Waals surface area contributed by atoms with Crippen molar-refractivity contribution >= 4 is 5.78 Å². The normalized spacial score (nSPS) is 12.8. The molecule has 78 valence electrons. The van der Waals surface area contributed by atoms with Crippen molar-refractivity contribution in [3.8, 4) is 0 Å². The average Bonchev–Trinajstić information content (AvgIpc) is 2.51. The SMILES string of the molecule is CCC(C)CC(=O)Cc1nccn1C. The zero-order valence-electron chi connectivity index (χ0n) is 9.16. The van der Waals surface area contributed by atoms with Crippen LogP contribution in [0.1, 0.15) is 32.5 Å². The van der Waals surface area contributed by atoms with Crippen LogP contribution in [0.3, 0.4) is 0 Å². The average molecular weight is 194 g/mol. The second-order valence-corrected chi connectivity index (χ2v) is 3.89. The number of carbonyl (C=O) groups is 1. The highest BCUT2D eigenvalue weighted by Crippen LogP contribution is 2.09. The lowest BCUT2D eigenvalue weighted by atomic mass is 10.0. The van der Waals surface area contributed by atoms with Crippen LogP contribution in [0.25, 0.3) is 0 Å². The molecule has 3 heteroatoms. The Morgan fingerprint density at radius 2 is 2.36 bits per heavy atom. The summed E-state index contributed by atoms with van der Waals surface area (Å²) in [5.74, 6) is 1.63. The van der Waals surface area contributed by atoms with Crippen molar-refractivity contribution in [1.29, 1.82) is 0 Å². The zero-order chi connectivity index (χ0) is 10.6. The molecule has 0 saturated heterocycles. The highest BCUT2D eigenvalue weighted by Gasteiger charge is 2.10. The van der Waals surface area contributed by atoms with Gasteiger partial charge in [0.1, 0.15) is 11.6 Å². The van der Waals surface area contributed by atoms with Crippen molar-refractivity contribution < 1.29 is 4.79 Å². The summed E-state index contributed by atoms with van der Waals surface area (Å²) in [5, 5.41) is 0. The van der Waals surface area contributed by atoms with Gasteiger partial charge in [-0.2, -0.15) is 0 Å². The molecule has 0 aromatic carbocycles. The fraction of sp³-hybridized carbons (Fsp3) is 0.636. The summed E-state index contributed by atoms with van der Waals surface area (Å²) in [4.78, 5) is 15.7. The smallest absolute Gasteiger partial charge is 0.140 e. The maximum atomic E-state index is 11.6. The third kappa shape index (κ3) is 2.98. The Morgan fingerprint density at radius 3 is 2.86 bits per heavy atom. The van der Waals surface area contributed by atoms with Gasteiger partial charge in [-0.3, -0.25) is 4.79 Å². The number of rotatable bonds is 5. The van der Waals surface area contributed by atoms with E-state index < -0.39 is 0 Å². The van der Waals surface area contributed by atoms with Crippen LogP contribution in [0.5, 0.6) is 0 Å². The first kappa shape index (κ1) is 11.0. The molecule has 3 nitrogen and oxygen atoms in total. The Hall–Kier alpha value is -1.12. The van der Waals surface area contributed by atoms with Gasteiger partial charge in [-0.25, -0.2) is 4.98 Å². The van der Waals surface area contributed by atoms with E-state index in [-0.39, 0.29) is 5.78 Å². The molecule has 1 rings (SSSR count). The van der Waals surface area contributed by atoms with Gasteiger partial charge in [0.15, 0.2) is 0 Å². The standard InChI is InChI=1S/C11H18N2O/c1-4-9(2)7-10(14)8-11-12-5-6-13(11)3/h5-6,9H,4,7-8H2,1-3H3. The molecule has 0 N–H and O–H groups in total. The van der Waals surface area contributed by atoms with E-state index in [0.717, 1.165) is 12.2 Å². The second kappa shape index (κ2) is 4.94. The molecular weight excluding hydrogens is 176 g/mol. The Balaban J connectivity index is 2.45. The van der Waals surface area contributed by atoms with E-state index in [2.05, 4.69) is 18.8 Å². The predicted octanol–water partition coefficient (Wildman–Crippen LogP) is 1.97. The molecule has 0 aliphatic heterocycles. The van der Waals surface area contributed by atoms with Gasteiger partial charge in [-0.1, -0.05) is 20.3 Å². The van der Waals surface area contributed by atoms with Gasteiger partial charge >= 0.3 is 0 Å². The van der Waals surface area contributed by atoms with Crippen LogP contribution in [0, 0.1) is 5.92 Å². The predicted molar refractivity (Wildman–Crippen MR) is 56.0 cm³/mol. The molecule has 0 fully saturated rings. The summed E-state index contributed by atoms with van der Waals surface area (Å²) in [6, 6.07) is 0. The zero-order valence-corrected chi connectivity index (χ0v) is 9.16. The van der Waals surface area contributed by atoms with E-state index in [1.165, 1.54) is 0 Å². The van der Waals surface area contributed by atoms with Crippen molar-refractivity contribution in [2.75, 3.05) is 0 Å². The van der Waals surface area contributed by atoms with Crippen LogP contribution >= 0.6 is 0 Å². The summed E-state index contributed by atoms with van der Waals surface area (Å²) >= 11 is 0. The summed E-state index contributed by atoms with van der Waals surface area (Å²) in [5.41, 5.74) is 0. The van der Waals surface area contributed by atoms with Gasteiger partial charge in [0.2, 0.25) is 0 Å². The van der Waals surface area contributed by atoms with E-state index in [9.17, 15) is 4.79 Å². The minimum absolute atomic E-state index is 0.286. The number of hydrogen-bond acceptors (Lipinski definition) is 2. The first-order valence-electron chi connectivity index (χ1n) is 5.11. The third-order valence-corrected chi connectivity index (χ3v) is 2.55. The fourth-order valence-electron chi connectivity index (χ4n) is 1.35. The lowest BCUT2D eigenvalue weighted by Crippen LogP contribution is -2.11. The molecule has 0 aliphatic rings. The lowest BCUT2D eigenvalue weighted by molar-refractivity contribution is -0.119. The van der Waals surface area contributed by atoms with Crippen LogP contribution in [0.4, 0.5) is 0 Å². The highest BCUT2D eigenvalue weighted by molar-refractivity contribution is 5.80. The Labute approximate surface area is 85.2 Å². The number of aromatic nitrogens is 2. The number of aryl methyl sites for hydroxylation is 1. The van der Waals surface area contributed by atoms with Crippen molar-refractivity contribution in [2.24, 2.45) is 13.0 Å². The number of imidazole rings is 1. The summed E-state index contributed by atoms with van der Waals surface area (Å²) < 4.78 is 1.90. The molecule has 1 atom stereocenters. The Bertz CT molecular complexity index is 304. The quantitative estimate of drug-likeness (QED) is 0.718. The van der Waals surface area contributed by atoms with E-state index in [1.807, 2.05) is 17.8 Å². The fourth-order valence-corrected chi connectivity index (χ4v) is 1.35. The number of ketones is 1. The highest BCUT2D eigenvalue weighted by atomic mass is 16.1. The summed E-state index contributed by atoms with van der Waals surface area (Å²) in [7, 11) is 1.92. The van der Waals surface area contributed by atoms with Crippen molar-refractivity contribution in [3.05, 3.63) is 18.2 Å². The number of carbonyl (C=O) groups excluding carboxylic acids is 1. The van der Waals surface area contributed by atoms with Gasteiger partial charge < -0.3 is 4.57 Å².